The second-order valence-corrected chi connectivity index (χ2v) is 8.33. The summed E-state index contributed by atoms with van der Waals surface area (Å²) in [6.07, 6.45) is 7.18. The first-order valence-electron chi connectivity index (χ1n) is 7.43. The summed E-state index contributed by atoms with van der Waals surface area (Å²) in [7, 11) is 0. The van der Waals surface area contributed by atoms with Crippen LogP contribution in [0.15, 0.2) is 11.6 Å². The lowest BCUT2D eigenvalue weighted by atomic mass is 9.70. The van der Waals surface area contributed by atoms with E-state index in [0.29, 0.717) is 18.1 Å². The monoisotopic (exact) mass is 280 g/mol. The van der Waals surface area contributed by atoms with Crippen LogP contribution in [-0.2, 0) is 9.53 Å². The Labute approximate surface area is 120 Å². The van der Waals surface area contributed by atoms with Gasteiger partial charge in [0.1, 0.15) is 0 Å². The van der Waals surface area contributed by atoms with Gasteiger partial charge in [-0.15, -0.1) is 0 Å². The Morgan fingerprint density at radius 3 is 2.89 bits per heavy atom. The molecule has 0 aromatic rings. The Morgan fingerprint density at radius 2 is 2.21 bits per heavy atom. The summed E-state index contributed by atoms with van der Waals surface area (Å²) in [5.74, 6) is 3.29. The van der Waals surface area contributed by atoms with Gasteiger partial charge >= 0.3 is 0 Å². The maximum absolute atomic E-state index is 11.9. The molecule has 2 unspecified atom stereocenters. The molecular weight excluding hydrogens is 256 g/mol. The van der Waals surface area contributed by atoms with Crippen molar-refractivity contribution >= 4 is 17.5 Å². The number of carbonyl (C=O) groups excluding carboxylic acids is 1. The quantitative estimate of drug-likeness (QED) is 0.734. The van der Waals surface area contributed by atoms with Crippen molar-refractivity contribution in [1.29, 1.82) is 0 Å². The minimum atomic E-state index is 0.124. The fourth-order valence-electron chi connectivity index (χ4n) is 3.87. The van der Waals surface area contributed by atoms with E-state index < -0.39 is 0 Å². The molecule has 1 spiro atoms. The molecule has 2 atom stereocenters. The van der Waals surface area contributed by atoms with Crippen molar-refractivity contribution in [3.63, 3.8) is 0 Å². The SMILES string of the molecule is CC1(C)CC(=O)C=C(C2CCOC3(CCSC3)C2)C1. The maximum Gasteiger partial charge on any atom is 0.156 e. The van der Waals surface area contributed by atoms with Crippen LogP contribution in [0.2, 0.25) is 0 Å². The van der Waals surface area contributed by atoms with E-state index in [-0.39, 0.29) is 11.0 Å². The third kappa shape index (κ3) is 2.92. The fraction of sp³-hybridized carbons (Fsp3) is 0.812. The van der Waals surface area contributed by atoms with Crippen LogP contribution in [0.25, 0.3) is 0 Å². The number of thioether (sulfide) groups is 1. The fourth-order valence-corrected chi connectivity index (χ4v) is 5.24. The van der Waals surface area contributed by atoms with Crippen molar-refractivity contribution in [3.8, 4) is 0 Å². The molecule has 2 saturated heterocycles. The van der Waals surface area contributed by atoms with Gasteiger partial charge in [-0.3, -0.25) is 4.79 Å². The van der Waals surface area contributed by atoms with Gasteiger partial charge in [0.25, 0.3) is 0 Å². The summed E-state index contributed by atoms with van der Waals surface area (Å²) in [5, 5.41) is 0. The summed E-state index contributed by atoms with van der Waals surface area (Å²) >= 11 is 2.02. The molecule has 0 saturated carbocycles. The lowest BCUT2D eigenvalue weighted by Gasteiger charge is -2.41. The first-order valence-corrected chi connectivity index (χ1v) is 8.59. The van der Waals surface area contributed by atoms with Crippen molar-refractivity contribution in [3.05, 3.63) is 11.6 Å². The van der Waals surface area contributed by atoms with Crippen LogP contribution in [0.1, 0.15) is 46.0 Å². The van der Waals surface area contributed by atoms with Crippen molar-refractivity contribution in [2.45, 2.75) is 51.6 Å². The first kappa shape index (κ1) is 13.7. The first-order chi connectivity index (χ1) is 8.98. The van der Waals surface area contributed by atoms with Crippen LogP contribution in [0, 0.1) is 11.3 Å². The van der Waals surface area contributed by atoms with Gasteiger partial charge in [0.15, 0.2) is 5.78 Å². The second kappa shape index (κ2) is 4.92. The van der Waals surface area contributed by atoms with E-state index in [4.69, 9.17) is 4.74 Å². The highest BCUT2D eigenvalue weighted by atomic mass is 32.2. The van der Waals surface area contributed by atoms with Gasteiger partial charge in [-0.1, -0.05) is 19.4 Å². The lowest BCUT2D eigenvalue weighted by molar-refractivity contribution is -0.117. The number of allylic oxidation sites excluding steroid dienone is 2. The molecule has 0 bridgehead atoms. The van der Waals surface area contributed by atoms with Gasteiger partial charge in [-0.2, -0.15) is 11.8 Å². The molecule has 3 rings (SSSR count). The summed E-state index contributed by atoms with van der Waals surface area (Å²) in [6.45, 7) is 5.31. The second-order valence-electron chi connectivity index (χ2n) is 7.23. The predicted octanol–water partition coefficient (Wildman–Crippen LogP) is 3.60. The highest BCUT2D eigenvalue weighted by molar-refractivity contribution is 7.99. The Hall–Kier alpha value is -0.280. The van der Waals surface area contributed by atoms with Crippen LogP contribution in [0.4, 0.5) is 0 Å². The Balaban J connectivity index is 1.76. The van der Waals surface area contributed by atoms with Crippen LogP contribution < -0.4 is 0 Å². The van der Waals surface area contributed by atoms with Gasteiger partial charge in [0, 0.05) is 18.8 Å². The van der Waals surface area contributed by atoms with Gasteiger partial charge in [0.05, 0.1) is 5.60 Å². The summed E-state index contributed by atoms with van der Waals surface area (Å²) in [4.78, 5) is 11.9. The van der Waals surface area contributed by atoms with Crippen molar-refractivity contribution < 1.29 is 9.53 Å². The molecule has 0 amide bonds. The van der Waals surface area contributed by atoms with Crippen molar-refractivity contribution in [2.24, 2.45) is 11.3 Å². The molecule has 0 radical (unpaired) electrons. The minimum absolute atomic E-state index is 0.124. The molecule has 2 nitrogen and oxygen atoms in total. The number of rotatable bonds is 1. The van der Waals surface area contributed by atoms with Crippen LogP contribution in [0.5, 0.6) is 0 Å². The summed E-state index contributed by atoms with van der Waals surface area (Å²) < 4.78 is 6.09. The zero-order valence-electron chi connectivity index (χ0n) is 12.0. The van der Waals surface area contributed by atoms with Gasteiger partial charge in [-0.25, -0.2) is 0 Å². The third-order valence-corrected chi connectivity index (χ3v) is 5.99. The Bertz CT molecular complexity index is 405. The minimum Gasteiger partial charge on any atom is -0.374 e. The Morgan fingerprint density at radius 1 is 1.37 bits per heavy atom. The van der Waals surface area contributed by atoms with Crippen molar-refractivity contribution in [2.75, 3.05) is 18.1 Å². The zero-order valence-corrected chi connectivity index (χ0v) is 12.9. The highest BCUT2D eigenvalue weighted by Crippen LogP contribution is 2.46. The number of ketones is 1. The van der Waals surface area contributed by atoms with E-state index in [1.165, 1.54) is 17.7 Å². The smallest absolute Gasteiger partial charge is 0.156 e. The molecule has 0 aromatic heterocycles. The molecular formula is C16H24O2S. The van der Waals surface area contributed by atoms with Gasteiger partial charge in [0.2, 0.25) is 0 Å². The van der Waals surface area contributed by atoms with E-state index in [0.717, 1.165) is 31.6 Å². The van der Waals surface area contributed by atoms with E-state index in [1.807, 2.05) is 17.8 Å². The van der Waals surface area contributed by atoms with Crippen LogP contribution in [0.3, 0.4) is 0 Å². The molecule has 106 valence electrons. The average Bonchev–Trinajstić information content (AvgIpc) is 2.75. The molecule has 1 aliphatic carbocycles. The van der Waals surface area contributed by atoms with E-state index in [1.54, 1.807) is 0 Å². The predicted molar refractivity (Wildman–Crippen MR) is 79.5 cm³/mol. The molecule has 19 heavy (non-hydrogen) atoms. The molecule has 0 N–H and O–H groups in total. The number of hydrogen-bond donors (Lipinski definition) is 0. The largest absolute Gasteiger partial charge is 0.374 e. The van der Waals surface area contributed by atoms with E-state index in [9.17, 15) is 4.79 Å². The average molecular weight is 280 g/mol. The summed E-state index contributed by atoms with van der Waals surface area (Å²) in [6, 6.07) is 0. The van der Waals surface area contributed by atoms with E-state index in [2.05, 4.69) is 13.8 Å². The highest BCUT2D eigenvalue weighted by Gasteiger charge is 2.42. The molecule has 2 heterocycles. The maximum atomic E-state index is 11.9. The summed E-state index contributed by atoms with van der Waals surface area (Å²) in [5.41, 5.74) is 1.68. The van der Waals surface area contributed by atoms with Crippen LogP contribution in [-0.4, -0.2) is 29.5 Å². The molecule has 0 aromatic carbocycles. The van der Waals surface area contributed by atoms with E-state index >= 15 is 0 Å². The topological polar surface area (TPSA) is 26.3 Å². The van der Waals surface area contributed by atoms with Gasteiger partial charge < -0.3 is 4.74 Å². The van der Waals surface area contributed by atoms with Crippen LogP contribution >= 0.6 is 11.8 Å². The zero-order chi connectivity index (χ0) is 13.5. The third-order valence-electron chi connectivity index (χ3n) is 4.77. The number of hydrogen-bond acceptors (Lipinski definition) is 3. The Kier molecular flexibility index (Phi) is 3.55. The molecule has 2 fully saturated rings. The number of carbonyl (C=O) groups is 1. The van der Waals surface area contributed by atoms with Crippen molar-refractivity contribution in [1.82, 2.24) is 0 Å². The molecule has 3 heteroatoms. The number of ether oxygens (including phenoxy) is 1. The van der Waals surface area contributed by atoms with Gasteiger partial charge in [-0.05, 0) is 48.8 Å². The molecule has 3 aliphatic rings. The normalized spacial score (nSPS) is 38.5. The standard InChI is InChI=1S/C16H24O2S/c1-15(2)8-13(7-14(17)10-15)12-3-5-18-16(9-12)4-6-19-11-16/h7,12H,3-6,8-11H2,1-2H3. The molecule has 2 aliphatic heterocycles. The lowest BCUT2D eigenvalue weighted by Crippen LogP contribution is -2.41.